The summed E-state index contributed by atoms with van der Waals surface area (Å²) in [7, 11) is 0. The van der Waals surface area contributed by atoms with Crippen LogP contribution in [0.3, 0.4) is 0 Å². The first-order valence-corrected chi connectivity index (χ1v) is 7.19. The van der Waals surface area contributed by atoms with Gasteiger partial charge >= 0.3 is 0 Å². The van der Waals surface area contributed by atoms with Gasteiger partial charge in [-0.25, -0.2) is 0 Å². The van der Waals surface area contributed by atoms with E-state index in [0.29, 0.717) is 18.7 Å². The van der Waals surface area contributed by atoms with Crippen LogP contribution in [0.5, 0.6) is 0 Å². The van der Waals surface area contributed by atoms with Crippen molar-refractivity contribution >= 4 is 17.2 Å². The van der Waals surface area contributed by atoms with Gasteiger partial charge in [-0.15, -0.1) is 11.3 Å². The van der Waals surface area contributed by atoms with Gasteiger partial charge in [0.2, 0.25) is 0 Å². The zero-order valence-corrected chi connectivity index (χ0v) is 12.1. The van der Waals surface area contributed by atoms with Crippen molar-refractivity contribution < 1.29 is 4.79 Å². The van der Waals surface area contributed by atoms with Crippen LogP contribution in [-0.4, -0.2) is 12.5 Å². The van der Waals surface area contributed by atoms with Crippen LogP contribution in [-0.2, 0) is 6.54 Å². The summed E-state index contributed by atoms with van der Waals surface area (Å²) >= 11 is 1.63. The lowest BCUT2D eigenvalue weighted by Crippen LogP contribution is -2.23. The molecule has 0 unspecified atom stereocenters. The summed E-state index contributed by atoms with van der Waals surface area (Å²) in [6.45, 7) is 2.77. The van der Waals surface area contributed by atoms with Gasteiger partial charge in [-0.3, -0.25) is 4.79 Å². The number of nitrogens with two attached hydrogens (primary N) is 1. The predicted molar refractivity (Wildman–Crippen MR) is 82.6 cm³/mol. The molecule has 0 aliphatic carbocycles. The number of rotatable bonds is 3. The normalized spacial score (nSPS) is 9.70. The van der Waals surface area contributed by atoms with Crippen LogP contribution in [0.15, 0.2) is 35.7 Å². The van der Waals surface area contributed by atoms with Crippen molar-refractivity contribution in [3.05, 3.63) is 57.3 Å². The Kier molecular flexibility index (Phi) is 4.94. The van der Waals surface area contributed by atoms with E-state index in [1.807, 2.05) is 42.6 Å². The predicted octanol–water partition coefficient (Wildman–Crippen LogP) is 2.30. The van der Waals surface area contributed by atoms with Crippen LogP contribution in [0.4, 0.5) is 0 Å². The van der Waals surface area contributed by atoms with Crippen LogP contribution >= 0.6 is 11.3 Å². The Balaban J connectivity index is 2.13. The SMILES string of the molecule is Cc1c(C#CCN)cccc1C(=O)NCc1cccs1. The van der Waals surface area contributed by atoms with Crippen LogP contribution in [0.1, 0.15) is 26.4 Å². The average molecular weight is 284 g/mol. The Bertz CT molecular complexity index is 651. The fourth-order valence-electron chi connectivity index (χ4n) is 1.84. The van der Waals surface area contributed by atoms with Gasteiger partial charge in [-0.05, 0) is 36.1 Å². The molecular weight excluding hydrogens is 268 g/mol. The van der Waals surface area contributed by atoms with Gasteiger partial charge < -0.3 is 11.1 Å². The summed E-state index contributed by atoms with van der Waals surface area (Å²) in [5.74, 6) is 5.72. The smallest absolute Gasteiger partial charge is 0.251 e. The van der Waals surface area contributed by atoms with Gasteiger partial charge in [0.05, 0.1) is 13.1 Å². The number of hydrogen-bond donors (Lipinski definition) is 2. The molecule has 0 saturated heterocycles. The van der Waals surface area contributed by atoms with Crippen molar-refractivity contribution in [1.29, 1.82) is 0 Å². The van der Waals surface area contributed by atoms with Gasteiger partial charge in [0, 0.05) is 16.0 Å². The molecule has 1 aromatic heterocycles. The van der Waals surface area contributed by atoms with E-state index in [4.69, 9.17) is 5.73 Å². The Hall–Kier alpha value is -2.09. The maximum absolute atomic E-state index is 12.2. The third-order valence-electron chi connectivity index (χ3n) is 2.91. The molecule has 0 spiro atoms. The zero-order chi connectivity index (χ0) is 14.4. The highest BCUT2D eigenvalue weighted by atomic mass is 32.1. The standard InChI is InChI=1S/C16H16N2OS/c1-12-13(6-3-9-17)5-2-8-15(12)16(19)18-11-14-7-4-10-20-14/h2,4-5,7-8,10H,9,11,17H2,1H3,(H,18,19). The second kappa shape index (κ2) is 6.90. The summed E-state index contributed by atoms with van der Waals surface area (Å²) in [5.41, 5.74) is 7.76. The minimum Gasteiger partial charge on any atom is -0.347 e. The number of hydrogen-bond acceptors (Lipinski definition) is 3. The summed E-state index contributed by atoms with van der Waals surface area (Å²) in [4.78, 5) is 13.3. The molecule has 1 aromatic carbocycles. The summed E-state index contributed by atoms with van der Waals surface area (Å²) < 4.78 is 0. The molecule has 0 atom stereocenters. The first-order chi connectivity index (χ1) is 9.72. The maximum Gasteiger partial charge on any atom is 0.251 e. The molecule has 2 aromatic rings. The van der Waals surface area contributed by atoms with Crippen molar-refractivity contribution in [2.24, 2.45) is 5.73 Å². The fourth-order valence-corrected chi connectivity index (χ4v) is 2.48. The average Bonchev–Trinajstić information content (AvgIpc) is 2.97. The topological polar surface area (TPSA) is 55.1 Å². The Morgan fingerprint density at radius 2 is 2.20 bits per heavy atom. The lowest BCUT2D eigenvalue weighted by atomic mass is 10.0. The largest absolute Gasteiger partial charge is 0.347 e. The number of benzene rings is 1. The minimum absolute atomic E-state index is 0.0766. The molecule has 4 heteroatoms. The van der Waals surface area contributed by atoms with Crippen LogP contribution in [0.2, 0.25) is 0 Å². The monoisotopic (exact) mass is 284 g/mol. The van der Waals surface area contributed by atoms with E-state index in [9.17, 15) is 4.79 Å². The number of carbonyl (C=O) groups is 1. The third-order valence-corrected chi connectivity index (χ3v) is 3.78. The van der Waals surface area contributed by atoms with Gasteiger partial charge in [0.15, 0.2) is 0 Å². The van der Waals surface area contributed by atoms with Crippen LogP contribution in [0.25, 0.3) is 0 Å². The summed E-state index contributed by atoms with van der Waals surface area (Å²) in [6.07, 6.45) is 0. The van der Waals surface area contributed by atoms with Crippen molar-refractivity contribution in [2.75, 3.05) is 6.54 Å². The highest BCUT2D eigenvalue weighted by Crippen LogP contribution is 2.14. The molecule has 0 saturated carbocycles. The Morgan fingerprint density at radius 1 is 1.35 bits per heavy atom. The lowest BCUT2D eigenvalue weighted by molar-refractivity contribution is 0.0950. The van der Waals surface area contributed by atoms with E-state index in [2.05, 4.69) is 17.2 Å². The van der Waals surface area contributed by atoms with E-state index >= 15 is 0 Å². The molecule has 0 fully saturated rings. The van der Waals surface area contributed by atoms with Gasteiger partial charge in [-0.2, -0.15) is 0 Å². The molecule has 1 heterocycles. The molecular formula is C16H16N2OS. The molecule has 1 amide bonds. The maximum atomic E-state index is 12.2. The Morgan fingerprint density at radius 3 is 2.90 bits per heavy atom. The summed E-state index contributed by atoms with van der Waals surface area (Å²) in [6, 6.07) is 9.52. The molecule has 0 bridgehead atoms. The Labute approximate surface area is 122 Å². The molecule has 0 aliphatic heterocycles. The van der Waals surface area contributed by atoms with Gasteiger partial charge in [-0.1, -0.05) is 24.0 Å². The minimum atomic E-state index is -0.0766. The van der Waals surface area contributed by atoms with Gasteiger partial charge in [0.25, 0.3) is 5.91 Å². The molecule has 0 aliphatic rings. The molecule has 2 rings (SSSR count). The van der Waals surface area contributed by atoms with Crippen molar-refractivity contribution in [3.8, 4) is 11.8 Å². The van der Waals surface area contributed by atoms with E-state index in [0.717, 1.165) is 16.0 Å². The number of carbonyl (C=O) groups excluding carboxylic acids is 1. The second-order valence-corrected chi connectivity index (χ2v) is 5.28. The molecule has 20 heavy (non-hydrogen) atoms. The van der Waals surface area contributed by atoms with E-state index in [1.54, 1.807) is 11.3 Å². The number of nitrogens with one attached hydrogen (secondary N) is 1. The van der Waals surface area contributed by atoms with Crippen LogP contribution in [0, 0.1) is 18.8 Å². The van der Waals surface area contributed by atoms with E-state index < -0.39 is 0 Å². The van der Waals surface area contributed by atoms with Crippen molar-refractivity contribution in [3.63, 3.8) is 0 Å². The first-order valence-electron chi connectivity index (χ1n) is 6.31. The number of amides is 1. The molecule has 102 valence electrons. The quantitative estimate of drug-likeness (QED) is 0.850. The molecule has 0 radical (unpaired) electrons. The van der Waals surface area contributed by atoms with E-state index in [-0.39, 0.29) is 5.91 Å². The second-order valence-electron chi connectivity index (χ2n) is 4.25. The molecule has 3 nitrogen and oxygen atoms in total. The highest BCUT2D eigenvalue weighted by Gasteiger charge is 2.10. The number of thiophene rings is 1. The van der Waals surface area contributed by atoms with Crippen molar-refractivity contribution in [1.82, 2.24) is 5.32 Å². The zero-order valence-electron chi connectivity index (χ0n) is 11.3. The van der Waals surface area contributed by atoms with Gasteiger partial charge in [0.1, 0.15) is 0 Å². The highest BCUT2D eigenvalue weighted by molar-refractivity contribution is 7.09. The van der Waals surface area contributed by atoms with Crippen LogP contribution < -0.4 is 11.1 Å². The lowest BCUT2D eigenvalue weighted by Gasteiger charge is -2.08. The fraction of sp³-hybridized carbons (Fsp3) is 0.188. The van der Waals surface area contributed by atoms with E-state index in [1.165, 1.54) is 0 Å². The molecule has 3 N–H and O–H groups in total. The van der Waals surface area contributed by atoms with Crippen molar-refractivity contribution in [2.45, 2.75) is 13.5 Å². The third kappa shape index (κ3) is 3.47. The first kappa shape index (κ1) is 14.3. The summed E-state index contributed by atoms with van der Waals surface area (Å²) in [5, 5.41) is 4.92.